The van der Waals surface area contributed by atoms with E-state index in [4.69, 9.17) is 16.7 Å². The molecule has 1 atom stereocenters. The molecule has 1 fully saturated rings. The van der Waals surface area contributed by atoms with E-state index in [9.17, 15) is 8.42 Å². The van der Waals surface area contributed by atoms with Gasteiger partial charge in [-0.3, -0.25) is 4.90 Å². The number of nitrogens with two attached hydrogens (primary N) is 1. The molecule has 3 N–H and O–H groups in total. The number of thiophene rings is 1. The van der Waals surface area contributed by atoms with Gasteiger partial charge in [-0.25, -0.2) is 9.86 Å². The van der Waals surface area contributed by atoms with Gasteiger partial charge in [-0.15, -0.1) is 11.3 Å². The van der Waals surface area contributed by atoms with Crippen molar-refractivity contribution < 1.29 is 8.42 Å². The van der Waals surface area contributed by atoms with E-state index in [0.717, 1.165) is 42.9 Å². The predicted octanol–water partition coefficient (Wildman–Crippen LogP) is 2.56. The molecule has 1 aromatic carbocycles. The van der Waals surface area contributed by atoms with Gasteiger partial charge in [0.15, 0.2) is 0 Å². The average Bonchev–Trinajstić information content (AvgIpc) is 2.82. The predicted molar refractivity (Wildman–Crippen MR) is 95.9 cm³/mol. The van der Waals surface area contributed by atoms with Crippen molar-refractivity contribution in [2.75, 3.05) is 19.6 Å². The Morgan fingerprint density at radius 1 is 1.39 bits per heavy atom. The third-order valence-electron chi connectivity index (χ3n) is 4.15. The van der Waals surface area contributed by atoms with Crippen molar-refractivity contribution >= 4 is 43.2 Å². The lowest BCUT2D eigenvalue weighted by Gasteiger charge is -2.32. The quantitative estimate of drug-likeness (QED) is 0.845. The number of rotatable bonds is 5. The lowest BCUT2D eigenvalue weighted by Crippen LogP contribution is -2.42. The van der Waals surface area contributed by atoms with Gasteiger partial charge in [0.25, 0.3) is 10.2 Å². The standard InChI is InChI=1S/C15H20ClN3O2S2/c16-15-12-5-1-2-6-13(12)22-14(15)10-19-7-3-4-11(9-19)8-18-23(17,20)21/h1-2,5-6,11,18H,3-4,7-10H2,(H2,17,20,21). The smallest absolute Gasteiger partial charge is 0.274 e. The van der Waals surface area contributed by atoms with Crippen LogP contribution in [0.5, 0.6) is 0 Å². The molecule has 0 radical (unpaired) electrons. The fourth-order valence-electron chi connectivity index (χ4n) is 3.06. The van der Waals surface area contributed by atoms with E-state index in [1.165, 1.54) is 9.58 Å². The van der Waals surface area contributed by atoms with Crippen LogP contribution in [0.4, 0.5) is 0 Å². The zero-order chi connectivity index (χ0) is 16.4. The first kappa shape index (κ1) is 17.1. The molecular formula is C15H20ClN3O2S2. The number of likely N-dealkylation sites (tertiary alicyclic amines) is 1. The number of hydrogen-bond acceptors (Lipinski definition) is 4. The van der Waals surface area contributed by atoms with E-state index in [1.54, 1.807) is 11.3 Å². The molecule has 1 aromatic heterocycles. The SMILES string of the molecule is NS(=O)(=O)NCC1CCCN(Cc2sc3ccccc3c2Cl)C1. The molecule has 0 aliphatic carbocycles. The summed E-state index contributed by atoms with van der Waals surface area (Å²) in [4.78, 5) is 3.52. The molecule has 1 aliphatic rings. The van der Waals surface area contributed by atoms with Crippen molar-refractivity contribution in [2.45, 2.75) is 19.4 Å². The third kappa shape index (κ3) is 4.43. The number of halogens is 1. The molecule has 1 unspecified atom stereocenters. The Kier molecular flexibility index (Phi) is 5.25. The molecule has 5 nitrogen and oxygen atoms in total. The minimum atomic E-state index is -3.61. The van der Waals surface area contributed by atoms with Crippen molar-refractivity contribution in [2.24, 2.45) is 11.1 Å². The highest BCUT2D eigenvalue weighted by Gasteiger charge is 2.22. The van der Waals surface area contributed by atoms with Crippen molar-refractivity contribution in [3.05, 3.63) is 34.2 Å². The fourth-order valence-corrected chi connectivity index (χ4v) is 5.07. The van der Waals surface area contributed by atoms with Gasteiger partial charge in [0.1, 0.15) is 0 Å². The van der Waals surface area contributed by atoms with Crippen LogP contribution in [-0.2, 0) is 16.8 Å². The molecule has 1 aliphatic heterocycles. The van der Waals surface area contributed by atoms with Gasteiger partial charge in [-0.05, 0) is 31.4 Å². The highest BCUT2D eigenvalue weighted by Crippen LogP contribution is 2.36. The number of fused-ring (bicyclic) bond motifs is 1. The molecule has 2 heterocycles. The first-order chi connectivity index (χ1) is 10.9. The molecule has 0 spiro atoms. The Hall–Kier alpha value is -0.700. The molecule has 23 heavy (non-hydrogen) atoms. The molecule has 8 heteroatoms. The van der Waals surface area contributed by atoms with Crippen molar-refractivity contribution in [3.63, 3.8) is 0 Å². The lowest BCUT2D eigenvalue weighted by atomic mass is 9.98. The van der Waals surface area contributed by atoms with Gasteiger partial charge < -0.3 is 0 Å². The zero-order valence-electron chi connectivity index (χ0n) is 12.7. The largest absolute Gasteiger partial charge is 0.298 e. The summed E-state index contributed by atoms with van der Waals surface area (Å²) in [5, 5.41) is 6.96. The van der Waals surface area contributed by atoms with E-state index < -0.39 is 10.2 Å². The van der Waals surface area contributed by atoms with Gasteiger partial charge in [0.05, 0.1) is 5.02 Å². The van der Waals surface area contributed by atoms with Crippen molar-refractivity contribution in [1.82, 2.24) is 9.62 Å². The zero-order valence-corrected chi connectivity index (χ0v) is 15.1. The summed E-state index contributed by atoms with van der Waals surface area (Å²) in [6.45, 7) is 3.07. The van der Waals surface area contributed by atoms with Crippen LogP contribution < -0.4 is 9.86 Å². The number of nitrogens with zero attached hydrogens (tertiary/aromatic N) is 1. The van der Waals surface area contributed by atoms with E-state index in [2.05, 4.69) is 15.7 Å². The number of benzene rings is 1. The van der Waals surface area contributed by atoms with Gasteiger partial charge in [-0.2, -0.15) is 8.42 Å². The van der Waals surface area contributed by atoms with E-state index in [0.29, 0.717) is 6.54 Å². The van der Waals surface area contributed by atoms with Gasteiger partial charge in [0.2, 0.25) is 0 Å². The number of piperidine rings is 1. The van der Waals surface area contributed by atoms with Crippen LogP contribution in [0.25, 0.3) is 10.1 Å². The number of hydrogen-bond donors (Lipinski definition) is 2. The molecular weight excluding hydrogens is 354 g/mol. The third-order valence-corrected chi connectivity index (χ3v) is 6.41. The molecule has 0 amide bonds. The summed E-state index contributed by atoms with van der Waals surface area (Å²) in [6, 6.07) is 8.16. The molecule has 0 bridgehead atoms. The summed E-state index contributed by atoms with van der Waals surface area (Å²) in [5.74, 6) is 0.287. The van der Waals surface area contributed by atoms with Crippen LogP contribution >= 0.6 is 22.9 Å². The van der Waals surface area contributed by atoms with Gasteiger partial charge in [0, 0.05) is 34.6 Å². The maximum Gasteiger partial charge on any atom is 0.274 e. The summed E-state index contributed by atoms with van der Waals surface area (Å²) in [5.41, 5.74) is 0. The van der Waals surface area contributed by atoms with Crippen LogP contribution in [-0.4, -0.2) is 33.0 Å². The molecule has 3 rings (SSSR count). The van der Waals surface area contributed by atoms with Crippen LogP contribution in [0.2, 0.25) is 5.02 Å². The first-order valence-electron chi connectivity index (χ1n) is 7.58. The van der Waals surface area contributed by atoms with Crippen LogP contribution in [0, 0.1) is 5.92 Å². The minimum Gasteiger partial charge on any atom is -0.298 e. The first-order valence-corrected chi connectivity index (χ1v) is 10.3. The Labute approximate surface area is 145 Å². The van der Waals surface area contributed by atoms with E-state index in [1.807, 2.05) is 18.2 Å². The lowest BCUT2D eigenvalue weighted by molar-refractivity contribution is 0.170. The van der Waals surface area contributed by atoms with Gasteiger partial charge in [-0.1, -0.05) is 29.8 Å². The van der Waals surface area contributed by atoms with Gasteiger partial charge >= 0.3 is 0 Å². The highest BCUT2D eigenvalue weighted by atomic mass is 35.5. The van der Waals surface area contributed by atoms with E-state index in [-0.39, 0.29) is 5.92 Å². The Bertz CT molecular complexity index is 791. The maximum absolute atomic E-state index is 11.0. The Morgan fingerprint density at radius 3 is 2.91 bits per heavy atom. The van der Waals surface area contributed by atoms with Crippen LogP contribution in [0.15, 0.2) is 24.3 Å². The van der Waals surface area contributed by atoms with Crippen molar-refractivity contribution in [1.29, 1.82) is 0 Å². The summed E-state index contributed by atoms with van der Waals surface area (Å²) >= 11 is 8.24. The highest BCUT2D eigenvalue weighted by molar-refractivity contribution is 7.87. The van der Waals surface area contributed by atoms with Crippen LogP contribution in [0.1, 0.15) is 17.7 Å². The maximum atomic E-state index is 11.0. The normalized spacial score (nSPS) is 20.2. The summed E-state index contributed by atoms with van der Waals surface area (Å²) in [6.07, 6.45) is 2.07. The van der Waals surface area contributed by atoms with Crippen molar-refractivity contribution in [3.8, 4) is 0 Å². The topological polar surface area (TPSA) is 75.4 Å². The fraction of sp³-hybridized carbons (Fsp3) is 0.467. The average molecular weight is 374 g/mol. The summed E-state index contributed by atoms with van der Waals surface area (Å²) in [7, 11) is -3.61. The second-order valence-corrected chi connectivity index (χ2v) is 8.87. The second kappa shape index (κ2) is 7.04. The minimum absolute atomic E-state index is 0.287. The van der Waals surface area contributed by atoms with E-state index >= 15 is 0 Å². The molecule has 126 valence electrons. The summed E-state index contributed by atoms with van der Waals surface area (Å²) < 4.78 is 25.7. The Balaban J connectivity index is 1.66. The molecule has 1 saturated heterocycles. The number of nitrogens with one attached hydrogen (secondary N) is 1. The monoisotopic (exact) mass is 373 g/mol. The Morgan fingerprint density at radius 2 is 2.17 bits per heavy atom. The molecule has 2 aromatic rings. The second-order valence-electron chi connectivity index (χ2n) is 5.97. The molecule has 0 saturated carbocycles. The van der Waals surface area contributed by atoms with Crippen LogP contribution in [0.3, 0.4) is 0 Å².